The van der Waals surface area contributed by atoms with Crippen LogP contribution in [0.2, 0.25) is 0 Å². The number of carbonyl (C=O) groups excluding carboxylic acids is 1. The van der Waals surface area contributed by atoms with E-state index in [-0.39, 0.29) is 5.91 Å². The summed E-state index contributed by atoms with van der Waals surface area (Å²) in [4.78, 5) is 14.9. The van der Waals surface area contributed by atoms with Gasteiger partial charge in [-0.1, -0.05) is 43.6 Å². The molecule has 0 saturated heterocycles. The summed E-state index contributed by atoms with van der Waals surface area (Å²) in [7, 11) is 0. The fourth-order valence-electron chi connectivity index (χ4n) is 2.55. The number of aryl methyl sites for hydroxylation is 1. The van der Waals surface area contributed by atoms with E-state index in [2.05, 4.69) is 43.6 Å². The van der Waals surface area contributed by atoms with Crippen molar-refractivity contribution in [2.24, 2.45) is 5.92 Å². The summed E-state index contributed by atoms with van der Waals surface area (Å²) in [5, 5.41) is 0. The second-order valence-electron chi connectivity index (χ2n) is 5.84. The molecule has 20 heavy (non-hydrogen) atoms. The van der Waals surface area contributed by atoms with Gasteiger partial charge in [-0.05, 0) is 49.4 Å². The molecule has 0 unspecified atom stereocenters. The van der Waals surface area contributed by atoms with Gasteiger partial charge < -0.3 is 4.90 Å². The molecule has 2 nitrogen and oxygen atoms in total. The zero-order chi connectivity index (χ0) is 15.3. The van der Waals surface area contributed by atoms with E-state index in [0.29, 0.717) is 12.0 Å². The lowest BCUT2D eigenvalue weighted by atomic mass is 10.0. The van der Waals surface area contributed by atoms with Gasteiger partial charge in [0.25, 0.3) is 5.91 Å². The first kappa shape index (κ1) is 17.2. The van der Waals surface area contributed by atoms with Crippen LogP contribution in [-0.4, -0.2) is 23.4 Å². The van der Waals surface area contributed by atoms with E-state index in [1.807, 2.05) is 30.0 Å². The maximum atomic E-state index is 12.8. The highest BCUT2D eigenvalue weighted by atomic mass is 79.9. The Labute approximate surface area is 131 Å². The van der Waals surface area contributed by atoms with E-state index < -0.39 is 0 Å². The van der Waals surface area contributed by atoms with Crippen LogP contribution >= 0.6 is 15.9 Å². The lowest BCUT2D eigenvalue weighted by Gasteiger charge is -2.32. The van der Waals surface area contributed by atoms with Crippen LogP contribution in [0.25, 0.3) is 0 Å². The summed E-state index contributed by atoms with van der Waals surface area (Å²) >= 11 is 3.48. The molecule has 0 N–H and O–H groups in total. The molecule has 0 aliphatic rings. The monoisotopic (exact) mass is 339 g/mol. The molecular formula is C17H26BrNO. The van der Waals surface area contributed by atoms with Crippen LogP contribution in [0.4, 0.5) is 0 Å². The van der Waals surface area contributed by atoms with Crippen LogP contribution in [0.5, 0.6) is 0 Å². The number of benzene rings is 1. The number of nitrogens with zero attached hydrogens (tertiary/aromatic N) is 1. The third kappa shape index (κ3) is 4.62. The number of hydrogen-bond donors (Lipinski definition) is 0. The Morgan fingerprint density at radius 2 is 1.80 bits per heavy atom. The van der Waals surface area contributed by atoms with E-state index in [9.17, 15) is 4.79 Å². The molecule has 0 aliphatic carbocycles. The zero-order valence-electron chi connectivity index (χ0n) is 13.2. The predicted molar refractivity (Wildman–Crippen MR) is 89.1 cm³/mol. The van der Waals surface area contributed by atoms with Crippen molar-refractivity contribution in [2.75, 3.05) is 6.54 Å². The normalized spacial score (nSPS) is 11.2. The van der Waals surface area contributed by atoms with Crippen LogP contribution in [0.15, 0.2) is 22.7 Å². The lowest BCUT2D eigenvalue weighted by Crippen LogP contribution is -2.42. The van der Waals surface area contributed by atoms with Crippen molar-refractivity contribution in [3.63, 3.8) is 0 Å². The highest BCUT2D eigenvalue weighted by Gasteiger charge is 2.23. The largest absolute Gasteiger partial charge is 0.335 e. The molecule has 0 saturated carbocycles. The van der Waals surface area contributed by atoms with Gasteiger partial charge in [-0.25, -0.2) is 0 Å². The van der Waals surface area contributed by atoms with Gasteiger partial charge in [0.05, 0.1) is 0 Å². The second-order valence-corrected chi connectivity index (χ2v) is 6.75. The quantitative estimate of drug-likeness (QED) is 0.710. The first-order valence-corrected chi connectivity index (χ1v) is 8.26. The summed E-state index contributed by atoms with van der Waals surface area (Å²) in [6.45, 7) is 11.5. The van der Waals surface area contributed by atoms with Crippen LogP contribution < -0.4 is 0 Å². The van der Waals surface area contributed by atoms with Crippen molar-refractivity contribution in [2.45, 2.75) is 53.5 Å². The van der Waals surface area contributed by atoms with Gasteiger partial charge in [-0.3, -0.25) is 4.79 Å². The third-order valence-corrected chi connectivity index (χ3v) is 3.95. The van der Waals surface area contributed by atoms with E-state index in [1.54, 1.807) is 0 Å². The Morgan fingerprint density at radius 3 is 2.25 bits per heavy atom. The second kappa shape index (κ2) is 7.82. The van der Waals surface area contributed by atoms with Crippen molar-refractivity contribution < 1.29 is 4.79 Å². The standard InChI is InChI=1S/C17H26BrNO/c1-6-16(7-2)19(11-12(3)4)17(20)14-8-13(5)9-15(18)10-14/h8-10,12,16H,6-7,11H2,1-5H3. The summed E-state index contributed by atoms with van der Waals surface area (Å²) in [6, 6.07) is 6.25. The van der Waals surface area contributed by atoms with Crippen LogP contribution in [0, 0.1) is 12.8 Å². The minimum Gasteiger partial charge on any atom is -0.335 e. The molecule has 0 aromatic heterocycles. The third-order valence-electron chi connectivity index (χ3n) is 3.50. The van der Waals surface area contributed by atoms with Crippen LogP contribution in [0.3, 0.4) is 0 Å². The van der Waals surface area contributed by atoms with E-state index in [1.165, 1.54) is 0 Å². The fraction of sp³-hybridized carbons (Fsp3) is 0.588. The molecule has 0 heterocycles. The molecule has 1 amide bonds. The van der Waals surface area contributed by atoms with E-state index >= 15 is 0 Å². The average molecular weight is 340 g/mol. The van der Waals surface area contributed by atoms with Gasteiger partial charge in [0.1, 0.15) is 0 Å². The maximum absolute atomic E-state index is 12.8. The number of rotatable bonds is 6. The molecule has 0 atom stereocenters. The Balaban J connectivity index is 3.08. The zero-order valence-corrected chi connectivity index (χ0v) is 14.8. The highest BCUT2D eigenvalue weighted by molar-refractivity contribution is 9.10. The summed E-state index contributed by atoms with van der Waals surface area (Å²) in [6.07, 6.45) is 2.00. The van der Waals surface area contributed by atoms with Crippen molar-refractivity contribution in [3.8, 4) is 0 Å². The molecule has 0 radical (unpaired) electrons. The maximum Gasteiger partial charge on any atom is 0.254 e. The van der Waals surface area contributed by atoms with Crippen molar-refractivity contribution in [1.29, 1.82) is 0 Å². The average Bonchev–Trinajstić information content (AvgIpc) is 2.36. The molecule has 0 bridgehead atoms. The Hall–Kier alpha value is -0.830. The number of halogens is 1. The molecule has 0 aliphatic heterocycles. The topological polar surface area (TPSA) is 20.3 Å². The predicted octanol–water partition coefficient (Wildman–Crippen LogP) is 5.04. The fourth-order valence-corrected chi connectivity index (χ4v) is 3.15. The van der Waals surface area contributed by atoms with Crippen LogP contribution in [0.1, 0.15) is 56.5 Å². The number of hydrogen-bond acceptors (Lipinski definition) is 1. The van der Waals surface area contributed by atoms with Gasteiger partial charge in [0.15, 0.2) is 0 Å². The first-order chi connectivity index (χ1) is 9.38. The summed E-state index contributed by atoms with van der Waals surface area (Å²) < 4.78 is 0.967. The molecule has 1 aromatic carbocycles. The minimum atomic E-state index is 0.150. The molecule has 0 spiro atoms. The van der Waals surface area contributed by atoms with Gasteiger partial charge >= 0.3 is 0 Å². The van der Waals surface area contributed by atoms with Gasteiger partial charge in [0.2, 0.25) is 0 Å². The highest BCUT2D eigenvalue weighted by Crippen LogP contribution is 2.20. The molecule has 112 valence electrons. The van der Waals surface area contributed by atoms with E-state index in [0.717, 1.165) is 35.0 Å². The Bertz CT molecular complexity index is 432. The molecule has 1 aromatic rings. The van der Waals surface area contributed by atoms with Gasteiger partial charge in [-0.15, -0.1) is 0 Å². The number of amides is 1. The molecule has 1 rings (SSSR count). The lowest BCUT2D eigenvalue weighted by molar-refractivity contribution is 0.0640. The van der Waals surface area contributed by atoms with Gasteiger partial charge in [-0.2, -0.15) is 0 Å². The Morgan fingerprint density at radius 1 is 1.20 bits per heavy atom. The minimum absolute atomic E-state index is 0.150. The van der Waals surface area contributed by atoms with E-state index in [4.69, 9.17) is 0 Å². The first-order valence-electron chi connectivity index (χ1n) is 7.47. The Kier molecular flexibility index (Phi) is 6.74. The van der Waals surface area contributed by atoms with Crippen molar-refractivity contribution in [1.82, 2.24) is 4.90 Å². The molecule has 3 heteroatoms. The van der Waals surface area contributed by atoms with Gasteiger partial charge in [0, 0.05) is 22.6 Å². The summed E-state index contributed by atoms with van der Waals surface area (Å²) in [5.41, 5.74) is 1.89. The number of carbonyl (C=O) groups is 1. The van der Waals surface area contributed by atoms with Crippen LogP contribution in [-0.2, 0) is 0 Å². The van der Waals surface area contributed by atoms with Crippen molar-refractivity contribution >= 4 is 21.8 Å². The molecule has 0 fully saturated rings. The molecular weight excluding hydrogens is 314 g/mol. The SMILES string of the molecule is CCC(CC)N(CC(C)C)C(=O)c1cc(C)cc(Br)c1. The summed E-state index contributed by atoms with van der Waals surface area (Å²) in [5.74, 6) is 0.629. The van der Waals surface area contributed by atoms with Crippen molar-refractivity contribution in [3.05, 3.63) is 33.8 Å². The smallest absolute Gasteiger partial charge is 0.254 e.